The maximum absolute atomic E-state index is 12.0. The zero-order valence-electron chi connectivity index (χ0n) is 11.9. The van der Waals surface area contributed by atoms with Gasteiger partial charge in [-0.2, -0.15) is 0 Å². The van der Waals surface area contributed by atoms with Gasteiger partial charge in [-0.15, -0.1) is 0 Å². The van der Waals surface area contributed by atoms with Crippen LogP contribution in [0.4, 0.5) is 4.79 Å². The average molecular weight is 258 g/mol. The van der Waals surface area contributed by atoms with Crippen LogP contribution >= 0.6 is 0 Å². The van der Waals surface area contributed by atoms with Crippen molar-refractivity contribution in [1.82, 2.24) is 9.96 Å². The van der Waals surface area contributed by atoms with E-state index in [2.05, 4.69) is 0 Å². The standard InChI is InChI=1S/C12H22N2O4/c1-8-7-14(11(16)18-12(2,3)4)9(8)10(15)13(5)17-6/h8-9H,7H2,1-6H3. The Kier molecular flexibility index (Phi) is 4.21. The van der Waals surface area contributed by atoms with Crippen molar-refractivity contribution in [2.45, 2.75) is 39.3 Å². The van der Waals surface area contributed by atoms with Crippen LogP contribution in [0.3, 0.4) is 0 Å². The first kappa shape index (κ1) is 14.8. The number of likely N-dealkylation sites (N-methyl/N-ethyl adjacent to an activating group) is 1. The smallest absolute Gasteiger partial charge is 0.410 e. The van der Waals surface area contributed by atoms with Crippen LogP contribution < -0.4 is 0 Å². The van der Waals surface area contributed by atoms with Crippen LogP contribution in [-0.4, -0.2) is 54.3 Å². The van der Waals surface area contributed by atoms with Crippen LogP contribution in [0.15, 0.2) is 0 Å². The lowest BCUT2D eigenvalue weighted by Gasteiger charge is -2.46. The van der Waals surface area contributed by atoms with Gasteiger partial charge in [-0.1, -0.05) is 6.92 Å². The fraction of sp³-hybridized carbons (Fsp3) is 0.833. The van der Waals surface area contributed by atoms with E-state index in [4.69, 9.17) is 9.57 Å². The Morgan fingerprint density at radius 3 is 2.28 bits per heavy atom. The molecule has 1 heterocycles. The highest BCUT2D eigenvalue weighted by Gasteiger charge is 2.46. The van der Waals surface area contributed by atoms with Crippen LogP contribution in [0.1, 0.15) is 27.7 Å². The van der Waals surface area contributed by atoms with E-state index in [1.165, 1.54) is 19.1 Å². The lowest BCUT2D eigenvalue weighted by atomic mass is 9.90. The predicted octanol–water partition coefficient (Wildman–Crippen LogP) is 1.26. The second kappa shape index (κ2) is 5.14. The molecule has 0 aromatic carbocycles. The number of nitrogens with zero attached hydrogens (tertiary/aromatic N) is 2. The van der Waals surface area contributed by atoms with Crippen LogP contribution in [0.25, 0.3) is 0 Å². The van der Waals surface area contributed by atoms with Crippen LogP contribution in [-0.2, 0) is 14.4 Å². The SMILES string of the molecule is CON(C)C(=O)C1C(C)CN1C(=O)OC(C)(C)C. The van der Waals surface area contributed by atoms with Gasteiger partial charge in [0.2, 0.25) is 0 Å². The summed E-state index contributed by atoms with van der Waals surface area (Å²) in [6.45, 7) is 7.85. The molecule has 18 heavy (non-hydrogen) atoms. The van der Waals surface area contributed by atoms with E-state index < -0.39 is 17.7 Å². The monoisotopic (exact) mass is 258 g/mol. The van der Waals surface area contributed by atoms with Crippen molar-refractivity contribution < 1.29 is 19.2 Å². The topological polar surface area (TPSA) is 59.1 Å². The molecule has 0 spiro atoms. The Hall–Kier alpha value is -1.30. The Labute approximate surface area is 108 Å². The van der Waals surface area contributed by atoms with Gasteiger partial charge >= 0.3 is 6.09 Å². The summed E-state index contributed by atoms with van der Waals surface area (Å²) in [6, 6.07) is -0.496. The van der Waals surface area contributed by atoms with E-state index in [1.807, 2.05) is 6.92 Å². The highest BCUT2D eigenvalue weighted by molar-refractivity contribution is 5.87. The number of hydrogen-bond acceptors (Lipinski definition) is 4. The second-order valence-electron chi connectivity index (χ2n) is 5.57. The molecular formula is C12H22N2O4. The van der Waals surface area contributed by atoms with Gasteiger partial charge in [0.1, 0.15) is 11.6 Å². The van der Waals surface area contributed by atoms with Gasteiger partial charge in [-0.25, -0.2) is 9.86 Å². The Morgan fingerprint density at radius 2 is 1.89 bits per heavy atom. The van der Waals surface area contributed by atoms with Crippen molar-refractivity contribution in [3.63, 3.8) is 0 Å². The lowest BCUT2D eigenvalue weighted by molar-refractivity contribution is -0.181. The first-order valence-electron chi connectivity index (χ1n) is 5.98. The summed E-state index contributed by atoms with van der Waals surface area (Å²) in [5.74, 6) is -0.121. The molecule has 6 nitrogen and oxygen atoms in total. The van der Waals surface area contributed by atoms with Crippen LogP contribution in [0, 0.1) is 5.92 Å². The van der Waals surface area contributed by atoms with Crippen molar-refractivity contribution in [3.8, 4) is 0 Å². The number of likely N-dealkylation sites (tertiary alicyclic amines) is 1. The quantitative estimate of drug-likeness (QED) is 0.700. The van der Waals surface area contributed by atoms with Crippen molar-refractivity contribution >= 4 is 12.0 Å². The third kappa shape index (κ3) is 3.13. The molecule has 0 aromatic rings. The van der Waals surface area contributed by atoms with Crippen molar-refractivity contribution in [3.05, 3.63) is 0 Å². The molecule has 6 heteroatoms. The lowest BCUT2D eigenvalue weighted by Crippen LogP contribution is -2.64. The van der Waals surface area contributed by atoms with Gasteiger partial charge in [0.25, 0.3) is 5.91 Å². The molecule has 1 saturated heterocycles. The van der Waals surface area contributed by atoms with Crippen molar-refractivity contribution in [2.75, 3.05) is 20.7 Å². The van der Waals surface area contributed by atoms with Gasteiger partial charge in [0, 0.05) is 19.5 Å². The van der Waals surface area contributed by atoms with E-state index in [-0.39, 0.29) is 11.8 Å². The third-order valence-electron chi connectivity index (χ3n) is 2.82. The zero-order valence-corrected chi connectivity index (χ0v) is 11.9. The van der Waals surface area contributed by atoms with Crippen molar-refractivity contribution in [2.24, 2.45) is 5.92 Å². The minimum absolute atomic E-state index is 0.114. The van der Waals surface area contributed by atoms with Crippen molar-refractivity contribution in [1.29, 1.82) is 0 Å². The molecule has 0 saturated carbocycles. The first-order chi connectivity index (χ1) is 8.17. The number of amides is 2. The molecule has 104 valence electrons. The maximum atomic E-state index is 12.0. The third-order valence-corrected chi connectivity index (χ3v) is 2.82. The minimum Gasteiger partial charge on any atom is -0.444 e. The molecule has 0 aliphatic carbocycles. The summed E-state index contributed by atoms with van der Waals surface area (Å²) in [5, 5.41) is 1.14. The summed E-state index contributed by atoms with van der Waals surface area (Å²) in [6.07, 6.45) is -0.455. The summed E-state index contributed by atoms with van der Waals surface area (Å²) >= 11 is 0. The molecule has 1 aliphatic heterocycles. The van der Waals surface area contributed by atoms with E-state index in [0.29, 0.717) is 6.54 Å². The highest BCUT2D eigenvalue weighted by atomic mass is 16.7. The Balaban J connectivity index is 2.68. The maximum Gasteiger partial charge on any atom is 0.410 e. The molecule has 0 radical (unpaired) electrons. The van der Waals surface area contributed by atoms with Crippen LogP contribution in [0.5, 0.6) is 0 Å². The Morgan fingerprint density at radius 1 is 1.33 bits per heavy atom. The number of carbonyl (C=O) groups is 2. The molecule has 2 atom stereocenters. The van der Waals surface area contributed by atoms with Crippen LogP contribution in [0.2, 0.25) is 0 Å². The zero-order chi connectivity index (χ0) is 14.1. The number of ether oxygens (including phenoxy) is 1. The average Bonchev–Trinajstić information content (AvgIpc) is 2.21. The fourth-order valence-electron chi connectivity index (χ4n) is 1.85. The summed E-state index contributed by atoms with van der Waals surface area (Å²) < 4.78 is 5.26. The molecule has 1 aliphatic rings. The van der Waals surface area contributed by atoms with Gasteiger partial charge < -0.3 is 4.74 Å². The van der Waals surface area contributed by atoms with E-state index in [1.54, 1.807) is 20.8 Å². The molecule has 1 rings (SSSR count). The first-order valence-corrected chi connectivity index (χ1v) is 5.98. The fourth-order valence-corrected chi connectivity index (χ4v) is 1.85. The number of rotatable bonds is 2. The van der Waals surface area contributed by atoms with Gasteiger partial charge in [-0.05, 0) is 20.8 Å². The predicted molar refractivity (Wildman–Crippen MR) is 65.7 cm³/mol. The normalized spacial score (nSPS) is 23.3. The number of hydroxylamine groups is 2. The largest absolute Gasteiger partial charge is 0.444 e. The van der Waals surface area contributed by atoms with Gasteiger partial charge in [0.15, 0.2) is 0 Å². The molecule has 0 N–H and O–H groups in total. The molecule has 0 aromatic heterocycles. The van der Waals surface area contributed by atoms with E-state index in [9.17, 15) is 9.59 Å². The summed E-state index contributed by atoms with van der Waals surface area (Å²) in [4.78, 5) is 30.2. The minimum atomic E-state index is -0.559. The van der Waals surface area contributed by atoms with Gasteiger partial charge in [0.05, 0.1) is 7.11 Å². The van der Waals surface area contributed by atoms with E-state index in [0.717, 1.165) is 5.06 Å². The molecule has 2 unspecified atom stereocenters. The summed E-state index contributed by atoms with van der Waals surface area (Å²) in [5.41, 5.74) is -0.559. The molecule has 2 amide bonds. The Bertz CT molecular complexity index is 337. The highest BCUT2D eigenvalue weighted by Crippen LogP contribution is 2.28. The molecule has 0 bridgehead atoms. The molecule has 1 fully saturated rings. The molecular weight excluding hydrogens is 236 g/mol. The van der Waals surface area contributed by atoms with Gasteiger partial charge in [-0.3, -0.25) is 14.5 Å². The van der Waals surface area contributed by atoms with E-state index >= 15 is 0 Å². The summed E-state index contributed by atoms with van der Waals surface area (Å²) in [7, 11) is 2.94. The second-order valence-corrected chi connectivity index (χ2v) is 5.57. The number of carbonyl (C=O) groups excluding carboxylic acids is 2. The number of hydrogen-bond donors (Lipinski definition) is 0.